The molecule has 1 aromatic carbocycles. The van der Waals surface area contributed by atoms with Gasteiger partial charge in [-0.3, -0.25) is 4.70 Å². The van der Waals surface area contributed by atoms with Gasteiger partial charge in [0.2, 0.25) is 0 Å². The van der Waals surface area contributed by atoms with E-state index in [1.807, 2.05) is 12.2 Å². The van der Waals surface area contributed by atoms with Gasteiger partial charge in [-0.15, -0.1) is 13.2 Å². The Bertz CT molecular complexity index is 272. The Labute approximate surface area is 93.3 Å². The van der Waals surface area contributed by atoms with Crippen molar-refractivity contribution < 1.29 is 4.70 Å². The predicted octanol–water partition coefficient (Wildman–Crippen LogP) is 3.79. The first-order valence-electron chi connectivity index (χ1n) is 4.96. The Balaban J connectivity index is 0.00000196. The van der Waals surface area contributed by atoms with Gasteiger partial charge in [-0.05, 0) is 18.1 Å². The first kappa shape index (κ1) is 13.8. The molecule has 0 atom stereocenters. The quantitative estimate of drug-likeness (QED) is 0.506. The van der Waals surface area contributed by atoms with Crippen LogP contribution < -0.4 is 0 Å². The van der Waals surface area contributed by atoms with Crippen molar-refractivity contribution in [2.75, 3.05) is 0 Å². The average molecular weight is 221 g/mol. The number of hydrogen-bond donors (Lipinski definition) is 0. The summed E-state index contributed by atoms with van der Waals surface area (Å²) in [6.07, 6.45) is 4.08. The molecule has 15 heavy (non-hydrogen) atoms. The van der Waals surface area contributed by atoms with Crippen LogP contribution in [0.4, 0.5) is 4.70 Å². The van der Waals surface area contributed by atoms with Gasteiger partial charge < -0.3 is 0 Å². The number of hydrogen-bond acceptors (Lipinski definition) is 0. The lowest BCUT2D eigenvalue weighted by molar-refractivity contribution is 1.11. The van der Waals surface area contributed by atoms with Gasteiger partial charge in [0, 0.05) is 0 Å². The highest BCUT2D eigenvalue weighted by Crippen LogP contribution is 2.09. The smallest absolute Gasteiger partial charge is 0.0604 e. The minimum atomic E-state index is -0.335. The fraction of sp³-hybridized carbons (Fsp3) is 0.231. The molecule has 2 heteroatoms. The average Bonchev–Trinajstić information content (AvgIpc) is 2.20. The summed E-state index contributed by atoms with van der Waals surface area (Å²) in [5.41, 5.74) is 1.45. The van der Waals surface area contributed by atoms with Crippen molar-refractivity contribution in [3.8, 4) is 0 Å². The topological polar surface area (TPSA) is 0 Å². The molecule has 0 bridgehead atoms. The molecule has 0 aliphatic rings. The summed E-state index contributed by atoms with van der Waals surface area (Å²) in [6.45, 7) is 7.63. The fourth-order valence-corrected chi connectivity index (χ4v) is 3.61. The summed E-state index contributed by atoms with van der Waals surface area (Å²) < 4.78 is 0. The van der Waals surface area contributed by atoms with E-state index >= 15 is 0 Å². The molecule has 1 aromatic rings. The molecule has 1 radical (unpaired) electrons. The first-order valence-corrected chi connectivity index (χ1v) is 7.08. The fourth-order valence-electron chi connectivity index (χ4n) is 1.52. The zero-order valence-electron chi connectivity index (χ0n) is 8.99. The molecule has 0 heterocycles. The van der Waals surface area contributed by atoms with Crippen molar-refractivity contribution in [2.24, 2.45) is 0 Å². The van der Waals surface area contributed by atoms with E-state index in [0.717, 1.165) is 0 Å². The van der Waals surface area contributed by atoms with Gasteiger partial charge in [0.15, 0.2) is 0 Å². The van der Waals surface area contributed by atoms with Crippen LogP contribution in [0.15, 0.2) is 55.6 Å². The number of benzene rings is 1. The molecule has 81 valence electrons. The monoisotopic (exact) mass is 221 g/mol. The largest absolute Gasteiger partial charge is 0.269 e. The van der Waals surface area contributed by atoms with E-state index in [1.165, 1.54) is 23.7 Å². The van der Waals surface area contributed by atoms with Crippen molar-refractivity contribution >= 4 is 8.80 Å². The minimum Gasteiger partial charge on any atom is -0.269 e. The van der Waals surface area contributed by atoms with Gasteiger partial charge in [0.1, 0.15) is 0 Å². The Kier molecular flexibility index (Phi) is 7.55. The Morgan fingerprint density at radius 2 is 1.53 bits per heavy atom. The summed E-state index contributed by atoms with van der Waals surface area (Å²) in [4.78, 5) is 0. The Morgan fingerprint density at radius 1 is 1.00 bits per heavy atom. The third-order valence-electron chi connectivity index (χ3n) is 2.16. The number of halogens is 1. The van der Waals surface area contributed by atoms with Crippen LogP contribution in [-0.4, -0.2) is 8.80 Å². The summed E-state index contributed by atoms with van der Waals surface area (Å²) in [5, 5.41) is 0. The standard InChI is InChI=1S/C13H17Si.FH/c1-3-10-14(11-4-2)12-13-8-6-5-7-9-13;/h3-9H,1-2,10-12H2;1H. The number of allylic oxidation sites excluding steroid dienone is 2. The van der Waals surface area contributed by atoms with E-state index in [1.54, 1.807) is 0 Å². The van der Waals surface area contributed by atoms with Crippen LogP contribution in [0, 0.1) is 0 Å². The zero-order chi connectivity index (χ0) is 10.2. The first-order chi connectivity index (χ1) is 6.86. The van der Waals surface area contributed by atoms with Gasteiger partial charge in [-0.25, -0.2) is 0 Å². The van der Waals surface area contributed by atoms with E-state index in [9.17, 15) is 0 Å². The van der Waals surface area contributed by atoms with Crippen LogP contribution in [0.3, 0.4) is 0 Å². The molecule has 0 amide bonds. The third kappa shape index (κ3) is 5.33. The number of rotatable bonds is 6. The molecule has 1 rings (SSSR count). The van der Waals surface area contributed by atoms with Crippen molar-refractivity contribution in [2.45, 2.75) is 18.1 Å². The minimum absolute atomic E-state index is 0. The lowest BCUT2D eigenvalue weighted by atomic mass is 10.2. The molecular formula is C13H18FSi. The second-order valence-corrected chi connectivity index (χ2v) is 6.07. The summed E-state index contributed by atoms with van der Waals surface area (Å²) in [7, 11) is -0.335. The van der Waals surface area contributed by atoms with Crippen LogP contribution in [-0.2, 0) is 6.04 Å². The lowest BCUT2D eigenvalue weighted by Gasteiger charge is -2.10. The van der Waals surface area contributed by atoms with Gasteiger partial charge in [-0.2, -0.15) is 0 Å². The molecule has 0 aromatic heterocycles. The Hall–Kier alpha value is -1.15. The predicted molar refractivity (Wildman–Crippen MR) is 68.4 cm³/mol. The SMILES string of the molecule is C=CC[Si](CC=C)Cc1ccccc1.F. The van der Waals surface area contributed by atoms with Gasteiger partial charge in [0.25, 0.3) is 0 Å². The maximum absolute atomic E-state index is 3.82. The molecule has 0 N–H and O–H groups in total. The van der Waals surface area contributed by atoms with E-state index in [4.69, 9.17) is 0 Å². The molecule has 0 unspecified atom stereocenters. The van der Waals surface area contributed by atoms with Crippen molar-refractivity contribution in [3.63, 3.8) is 0 Å². The molecule has 0 spiro atoms. The molecular weight excluding hydrogens is 203 g/mol. The van der Waals surface area contributed by atoms with E-state index < -0.39 is 0 Å². The highest BCUT2D eigenvalue weighted by atomic mass is 28.3. The molecule has 0 nitrogen and oxygen atoms in total. The highest BCUT2D eigenvalue weighted by Gasteiger charge is 2.07. The van der Waals surface area contributed by atoms with E-state index in [0.29, 0.717) is 0 Å². The van der Waals surface area contributed by atoms with E-state index in [2.05, 4.69) is 43.5 Å². The Morgan fingerprint density at radius 3 is 2.00 bits per heavy atom. The summed E-state index contributed by atoms with van der Waals surface area (Å²) in [5.74, 6) is 0. The highest BCUT2D eigenvalue weighted by molar-refractivity contribution is 6.59. The second kappa shape index (κ2) is 8.18. The molecule has 0 aliphatic carbocycles. The molecule has 0 saturated heterocycles. The molecule has 0 fully saturated rings. The summed E-state index contributed by atoms with van der Waals surface area (Å²) >= 11 is 0. The lowest BCUT2D eigenvalue weighted by Crippen LogP contribution is -2.14. The zero-order valence-corrected chi connectivity index (χ0v) is 9.99. The normalized spacial score (nSPS) is 9.40. The van der Waals surface area contributed by atoms with Crippen molar-refractivity contribution in [1.29, 1.82) is 0 Å². The van der Waals surface area contributed by atoms with Crippen molar-refractivity contribution in [1.82, 2.24) is 0 Å². The van der Waals surface area contributed by atoms with Crippen molar-refractivity contribution in [3.05, 3.63) is 61.2 Å². The third-order valence-corrected chi connectivity index (χ3v) is 4.80. The van der Waals surface area contributed by atoms with E-state index in [-0.39, 0.29) is 13.5 Å². The van der Waals surface area contributed by atoms with Crippen LogP contribution in [0.1, 0.15) is 5.56 Å². The van der Waals surface area contributed by atoms with Crippen LogP contribution in [0.5, 0.6) is 0 Å². The second-order valence-electron chi connectivity index (χ2n) is 3.40. The van der Waals surface area contributed by atoms with Crippen LogP contribution in [0.2, 0.25) is 12.1 Å². The maximum Gasteiger partial charge on any atom is 0.0604 e. The van der Waals surface area contributed by atoms with Gasteiger partial charge >= 0.3 is 0 Å². The summed E-state index contributed by atoms with van der Waals surface area (Å²) in [6, 6.07) is 14.3. The van der Waals surface area contributed by atoms with Crippen LogP contribution in [0.25, 0.3) is 0 Å². The maximum atomic E-state index is 3.82. The molecule has 0 saturated carbocycles. The van der Waals surface area contributed by atoms with Crippen LogP contribution >= 0.6 is 0 Å². The van der Waals surface area contributed by atoms with Gasteiger partial charge in [0.05, 0.1) is 8.80 Å². The van der Waals surface area contributed by atoms with Gasteiger partial charge in [-0.1, -0.05) is 48.0 Å². The molecule has 0 aliphatic heterocycles.